The predicted octanol–water partition coefficient (Wildman–Crippen LogP) is 2.46. The van der Waals surface area contributed by atoms with Crippen LogP contribution < -0.4 is 9.46 Å². The molecule has 1 fully saturated rings. The Labute approximate surface area is 155 Å². The number of likely N-dealkylation sites (tertiary alicyclic amines) is 1. The molecule has 3 rings (SSSR count). The van der Waals surface area contributed by atoms with E-state index < -0.39 is 10.0 Å². The molecule has 1 atom stereocenters. The zero-order chi connectivity index (χ0) is 18.7. The van der Waals surface area contributed by atoms with Crippen molar-refractivity contribution in [2.24, 2.45) is 7.05 Å². The van der Waals surface area contributed by atoms with Crippen molar-refractivity contribution in [2.45, 2.75) is 30.7 Å². The maximum Gasteiger partial charge on any atom is 0.240 e. The van der Waals surface area contributed by atoms with Crippen LogP contribution in [0.15, 0.2) is 41.4 Å². The van der Waals surface area contributed by atoms with Crippen LogP contribution in [0.3, 0.4) is 0 Å². The molecule has 1 aliphatic rings. The van der Waals surface area contributed by atoms with Crippen molar-refractivity contribution < 1.29 is 13.2 Å². The number of sulfonamides is 1. The Morgan fingerprint density at radius 1 is 1.23 bits per heavy atom. The first-order valence-electron chi connectivity index (χ1n) is 8.92. The van der Waals surface area contributed by atoms with E-state index in [0.29, 0.717) is 12.3 Å². The third-order valence-corrected chi connectivity index (χ3v) is 6.47. The van der Waals surface area contributed by atoms with Gasteiger partial charge in [-0.25, -0.2) is 13.1 Å². The first kappa shape index (κ1) is 18.9. The zero-order valence-electron chi connectivity index (χ0n) is 15.6. The molecular weight excluding hydrogens is 350 g/mol. The first-order chi connectivity index (χ1) is 12.4. The molecule has 1 aromatic heterocycles. The maximum absolute atomic E-state index is 12.8. The Morgan fingerprint density at radius 2 is 1.96 bits per heavy atom. The molecule has 2 heterocycles. The van der Waals surface area contributed by atoms with Crippen molar-refractivity contribution in [1.82, 2.24) is 14.2 Å². The minimum Gasteiger partial charge on any atom is -0.496 e. The lowest BCUT2D eigenvalue weighted by Gasteiger charge is -2.28. The highest BCUT2D eigenvalue weighted by molar-refractivity contribution is 7.89. The van der Waals surface area contributed by atoms with Gasteiger partial charge in [0.15, 0.2) is 0 Å². The molecule has 0 spiro atoms. The summed E-state index contributed by atoms with van der Waals surface area (Å²) < 4.78 is 35.7. The van der Waals surface area contributed by atoms with Crippen LogP contribution in [-0.4, -0.2) is 44.6 Å². The average Bonchev–Trinajstić information content (AvgIpc) is 3.28. The van der Waals surface area contributed by atoms with Gasteiger partial charge in [0.25, 0.3) is 0 Å². The molecule has 1 aromatic carbocycles. The summed E-state index contributed by atoms with van der Waals surface area (Å²) in [4.78, 5) is 2.62. The standard InChI is InChI=1S/C19H27N3O3S/c1-15-13-16(8-9-19(15)25-3)26(23,24)20-14-18(22-11-4-5-12-22)17-7-6-10-21(17)2/h6-10,13,18,20H,4-5,11-12,14H2,1-3H3. The second-order valence-electron chi connectivity index (χ2n) is 6.79. The molecule has 1 aliphatic heterocycles. The topological polar surface area (TPSA) is 63.6 Å². The number of rotatable bonds is 7. The summed E-state index contributed by atoms with van der Waals surface area (Å²) in [5.74, 6) is 0.683. The molecule has 1 N–H and O–H groups in total. The van der Waals surface area contributed by atoms with Gasteiger partial charge in [0.05, 0.1) is 18.0 Å². The average molecular weight is 378 g/mol. The number of aromatic nitrogens is 1. The van der Waals surface area contributed by atoms with E-state index in [0.717, 1.165) is 37.2 Å². The van der Waals surface area contributed by atoms with E-state index in [2.05, 4.69) is 20.3 Å². The summed E-state index contributed by atoms with van der Waals surface area (Å²) in [7, 11) is 0.000594. The fraction of sp³-hybridized carbons (Fsp3) is 0.474. The molecule has 0 amide bonds. The summed E-state index contributed by atoms with van der Waals surface area (Å²) in [5, 5.41) is 0. The van der Waals surface area contributed by atoms with Crippen molar-refractivity contribution >= 4 is 10.0 Å². The van der Waals surface area contributed by atoms with Crippen LogP contribution in [0.1, 0.15) is 30.1 Å². The van der Waals surface area contributed by atoms with Crippen molar-refractivity contribution in [3.05, 3.63) is 47.8 Å². The molecule has 6 nitrogen and oxygen atoms in total. The first-order valence-corrected chi connectivity index (χ1v) is 10.4. The van der Waals surface area contributed by atoms with Gasteiger partial charge in [0.1, 0.15) is 5.75 Å². The van der Waals surface area contributed by atoms with Gasteiger partial charge in [0.2, 0.25) is 10.0 Å². The largest absolute Gasteiger partial charge is 0.496 e. The van der Waals surface area contributed by atoms with E-state index in [1.807, 2.05) is 26.2 Å². The van der Waals surface area contributed by atoms with Crippen molar-refractivity contribution in [3.63, 3.8) is 0 Å². The smallest absolute Gasteiger partial charge is 0.240 e. The van der Waals surface area contributed by atoms with E-state index in [9.17, 15) is 8.42 Å². The van der Waals surface area contributed by atoms with Crippen LogP contribution in [0.2, 0.25) is 0 Å². The van der Waals surface area contributed by atoms with Gasteiger partial charge in [-0.2, -0.15) is 0 Å². The Kier molecular flexibility index (Phi) is 5.70. The molecule has 26 heavy (non-hydrogen) atoms. The van der Waals surface area contributed by atoms with Gasteiger partial charge in [-0.3, -0.25) is 4.90 Å². The molecule has 7 heteroatoms. The number of benzene rings is 1. The number of methoxy groups -OCH3 is 1. The molecule has 0 saturated carbocycles. The number of hydrogen-bond donors (Lipinski definition) is 1. The second-order valence-corrected chi connectivity index (χ2v) is 8.55. The molecular formula is C19H27N3O3S. The van der Waals surface area contributed by atoms with E-state index >= 15 is 0 Å². The quantitative estimate of drug-likeness (QED) is 0.805. The minimum absolute atomic E-state index is 0.0339. The molecule has 2 aromatic rings. The summed E-state index contributed by atoms with van der Waals surface area (Å²) >= 11 is 0. The molecule has 0 aliphatic carbocycles. The van der Waals surface area contributed by atoms with Gasteiger partial charge in [-0.05, 0) is 68.8 Å². The molecule has 1 unspecified atom stereocenters. The Morgan fingerprint density at radius 3 is 2.54 bits per heavy atom. The van der Waals surface area contributed by atoms with Gasteiger partial charge in [-0.15, -0.1) is 0 Å². The Balaban J connectivity index is 1.79. The zero-order valence-corrected chi connectivity index (χ0v) is 16.4. The lowest BCUT2D eigenvalue weighted by atomic mass is 10.2. The van der Waals surface area contributed by atoms with Crippen molar-refractivity contribution in [3.8, 4) is 5.75 Å². The van der Waals surface area contributed by atoms with Gasteiger partial charge >= 0.3 is 0 Å². The highest BCUT2D eigenvalue weighted by atomic mass is 32.2. The Bertz CT molecular complexity index is 855. The van der Waals surface area contributed by atoms with E-state index in [1.54, 1.807) is 25.3 Å². The number of nitrogens with zero attached hydrogens (tertiary/aromatic N) is 2. The SMILES string of the molecule is COc1ccc(S(=O)(=O)NCC(c2cccn2C)N2CCCC2)cc1C. The van der Waals surface area contributed by atoms with Gasteiger partial charge < -0.3 is 9.30 Å². The summed E-state index contributed by atoms with van der Waals surface area (Å²) in [6, 6.07) is 9.02. The van der Waals surface area contributed by atoms with Gasteiger partial charge in [0, 0.05) is 25.5 Å². The molecule has 0 radical (unpaired) electrons. The van der Waals surface area contributed by atoms with Gasteiger partial charge in [-0.1, -0.05) is 0 Å². The maximum atomic E-state index is 12.8. The third-order valence-electron chi connectivity index (χ3n) is 5.05. The minimum atomic E-state index is -3.58. The lowest BCUT2D eigenvalue weighted by molar-refractivity contribution is 0.238. The van der Waals surface area contributed by atoms with Crippen LogP contribution in [0.4, 0.5) is 0 Å². The number of hydrogen-bond acceptors (Lipinski definition) is 4. The third kappa shape index (κ3) is 3.95. The second kappa shape index (κ2) is 7.82. The van der Waals surface area contributed by atoms with E-state index in [4.69, 9.17) is 4.74 Å². The Hall–Kier alpha value is -1.83. The van der Waals surface area contributed by atoms with Crippen LogP contribution in [-0.2, 0) is 17.1 Å². The van der Waals surface area contributed by atoms with Crippen LogP contribution in [0.25, 0.3) is 0 Å². The van der Waals surface area contributed by atoms with E-state index in [1.165, 1.54) is 0 Å². The highest BCUT2D eigenvalue weighted by Crippen LogP contribution is 2.26. The fourth-order valence-electron chi connectivity index (χ4n) is 3.58. The predicted molar refractivity (Wildman–Crippen MR) is 102 cm³/mol. The molecule has 1 saturated heterocycles. The fourth-order valence-corrected chi connectivity index (χ4v) is 4.71. The lowest BCUT2D eigenvalue weighted by Crippen LogP contribution is -2.37. The number of aryl methyl sites for hydroxylation is 2. The van der Waals surface area contributed by atoms with Crippen LogP contribution >= 0.6 is 0 Å². The molecule has 0 bridgehead atoms. The van der Waals surface area contributed by atoms with Crippen molar-refractivity contribution in [2.75, 3.05) is 26.7 Å². The van der Waals surface area contributed by atoms with Crippen LogP contribution in [0.5, 0.6) is 5.75 Å². The van der Waals surface area contributed by atoms with Crippen LogP contribution in [0, 0.1) is 6.92 Å². The summed E-state index contributed by atoms with van der Waals surface area (Å²) in [6.07, 6.45) is 4.32. The number of ether oxygens (including phenoxy) is 1. The molecule has 142 valence electrons. The summed E-state index contributed by atoms with van der Waals surface area (Å²) in [6.45, 7) is 4.19. The monoisotopic (exact) mass is 377 g/mol. The van der Waals surface area contributed by atoms with E-state index in [-0.39, 0.29) is 10.9 Å². The number of nitrogens with one attached hydrogen (secondary N) is 1. The summed E-state index contributed by atoms with van der Waals surface area (Å²) in [5.41, 5.74) is 1.93. The normalized spacial score (nSPS) is 16.7. The highest BCUT2D eigenvalue weighted by Gasteiger charge is 2.27. The van der Waals surface area contributed by atoms with Crippen molar-refractivity contribution in [1.29, 1.82) is 0 Å².